The lowest BCUT2D eigenvalue weighted by atomic mass is 10.2. The first-order chi connectivity index (χ1) is 10.1. The maximum absolute atomic E-state index is 12.0. The second kappa shape index (κ2) is 7.29. The summed E-state index contributed by atoms with van der Waals surface area (Å²) < 4.78 is 10.4. The van der Waals surface area contributed by atoms with Gasteiger partial charge in [-0.3, -0.25) is 4.79 Å². The van der Waals surface area contributed by atoms with Gasteiger partial charge in [0.2, 0.25) is 0 Å². The average molecular weight is 311 g/mol. The molecule has 1 atom stereocenters. The van der Waals surface area contributed by atoms with Crippen molar-refractivity contribution in [3.8, 4) is 0 Å². The summed E-state index contributed by atoms with van der Waals surface area (Å²) in [5, 5.41) is 5.47. The van der Waals surface area contributed by atoms with E-state index in [4.69, 9.17) is 9.15 Å². The summed E-state index contributed by atoms with van der Waals surface area (Å²) in [6, 6.07) is -0.216. The molecule has 0 spiro atoms. The van der Waals surface area contributed by atoms with Crippen molar-refractivity contribution < 1.29 is 18.7 Å². The highest BCUT2D eigenvalue weighted by Crippen LogP contribution is 2.09. The molecule has 1 unspecified atom stereocenters. The van der Waals surface area contributed by atoms with Crippen molar-refractivity contribution in [2.45, 2.75) is 59.6 Å². The Hall–Kier alpha value is -2.05. The minimum absolute atomic E-state index is 0.216. The Labute approximate surface area is 130 Å². The molecule has 2 N–H and O–H groups in total. The number of carbonyl (C=O) groups is 2. The van der Waals surface area contributed by atoms with Gasteiger partial charge in [-0.25, -0.2) is 9.78 Å². The van der Waals surface area contributed by atoms with E-state index in [0.29, 0.717) is 24.6 Å². The van der Waals surface area contributed by atoms with Crippen molar-refractivity contribution in [1.82, 2.24) is 15.6 Å². The van der Waals surface area contributed by atoms with Crippen LogP contribution in [0.5, 0.6) is 0 Å². The van der Waals surface area contributed by atoms with Gasteiger partial charge in [0, 0.05) is 19.5 Å². The highest BCUT2D eigenvalue weighted by molar-refractivity contribution is 5.93. The van der Waals surface area contributed by atoms with E-state index >= 15 is 0 Å². The number of aryl methyl sites for hydroxylation is 2. The number of aromatic nitrogens is 1. The van der Waals surface area contributed by atoms with Gasteiger partial charge in [0.25, 0.3) is 5.91 Å². The third kappa shape index (κ3) is 5.75. The first-order valence-corrected chi connectivity index (χ1v) is 7.34. The Kier molecular flexibility index (Phi) is 5.96. The summed E-state index contributed by atoms with van der Waals surface area (Å²) in [7, 11) is 0. The van der Waals surface area contributed by atoms with Crippen molar-refractivity contribution in [3.63, 3.8) is 0 Å². The monoisotopic (exact) mass is 311 g/mol. The van der Waals surface area contributed by atoms with Crippen LogP contribution in [0.1, 0.15) is 56.3 Å². The number of amides is 2. The van der Waals surface area contributed by atoms with E-state index in [1.54, 1.807) is 34.6 Å². The number of hydrogen-bond acceptors (Lipinski definition) is 5. The molecule has 0 aliphatic carbocycles. The molecule has 7 nitrogen and oxygen atoms in total. The number of alkyl carbamates (subject to hydrolysis) is 1. The molecule has 0 aromatic carbocycles. The van der Waals surface area contributed by atoms with Crippen molar-refractivity contribution in [2.24, 2.45) is 0 Å². The molecule has 1 aromatic rings. The molecule has 1 rings (SSSR count). The fraction of sp³-hybridized carbons (Fsp3) is 0.667. The molecule has 0 bridgehead atoms. The second-order valence-corrected chi connectivity index (χ2v) is 6.10. The number of nitrogens with zero attached hydrogens (tertiary/aromatic N) is 1. The predicted octanol–water partition coefficient (Wildman–Crippen LogP) is 2.32. The Balaban J connectivity index is 2.52. The van der Waals surface area contributed by atoms with Crippen LogP contribution in [0.2, 0.25) is 0 Å². The molecular formula is C15H25N3O4. The van der Waals surface area contributed by atoms with E-state index in [0.717, 1.165) is 0 Å². The minimum Gasteiger partial charge on any atom is -0.445 e. The highest BCUT2D eigenvalue weighted by atomic mass is 16.6. The molecule has 0 saturated heterocycles. The smallest absolute Gasteiger partial charge is 0.407 e. The molecule has 2 amide bonds. The number of rotatable bonds is 5. The van der Waals surface area contributed by atoms with Crippen molar-refractivity contribution in [2.75, 3.05) is 6.54 Å². The summed E-state index contributed by atoms with van der Waals surface area (Å²) >= 11 is 0. The van der Waals surface area contributed by atoms with Gasteiger partial charge < -0.3 is 19.8 Å². The number of ether oxygens (including phenoxy) is 1. The number of carbonyl (C=O) groups excluding carboxylic acids is 2. The Bertz CT molecular complexity index is 531. The lowest BCUT2D eigenvalue weighted by Gasteiger charge is -2.23. The van der Waals surface area contributed by atoms with Gasteiger partial charge in [0.05, 0.1) is 0 Å². The Morgan fingerprint density at radius 1 is 1.32 bits per heavy atom. The van der Waals surface area contributed by atoms with Crippen LogP contribution in [0.4, 0.5) is 4.79 Å². The van der Waals surface area contributed by atoms with Crippen LogP contribution in [-0.2, 0) is 4.74 Å². The van der Waals surface area contributed by atoms with Crippen LogP contribution >= 0.6 is 0 Å². The quantitative estimate of drug-likeness (QED) is 0.870. The first-order valence-electron chi connectivity index (χ1n) is 7.34. The van der Waals surface area contributed by atoms with Gasteiger partial charge in [0.1, 0.15) is 11.4 Å². The summed E-state index contributed by atoms with van der Waals surface area (Å²) in [6.07, 6.45) is 0.165. The normalized spacial score (nSPS) is 12.6. The van der Waals surface area contributed by atoms with Crippen LogP contribution in [0.3, 0.4) is 0 Å². The molecule has 0 saturated carbocycles. The van der Waals surface area contributed by atoms with E-state index in [2.05, 4.69) is 15.6 Å². The lowest BCUT2D eigenvalue weighted by Crippen LogP contribution is -2.45. The fourth-order valence-corrected chi connectivity index (χ4v) is 1.81. The zero-order chi connectivity index (χ0) is 16.9. The van der Waals surface area contributed by atoms with Gasteiger partial charge in [0.15, 0.2) is 11.6 Å². The zero-order valence-corrected chi connectivity index (χ0v) is 14.1. The number of nitrogens with one attached hydrogen (secondary N) is 2. The Morgan fingerprint density at radius 2 is 1.95 bits per heavy atom. The molecule has 0 radical (unpaired) electrons. The summed E-state index contributed by atoms with van der Waals surface area (Å²) in [5.74, 6) is 0.600. The molecule has 1 heterocycles. The van der Waals surface area contributed by atoms with Crippen LogP contribution in [0.15, 0.2) is 4.42 Å². The van der Waals surface area contributed by atoms with E-state index in [9.17, 15) is 9.59 Å². The van der Waals surface area contributed by atoms with E-state index < -0.39 is 11.7 Å². The molecule has 1 aromatic heterocycles. The fourth-order valence-electron chi connectivity index (χ4n) is 1.81. The van der Waals surface area contributed by atoms with E-state index in [1.807, 2.05) is 6.92 Å². The Morgan fingerprint density at radius 3 is 2.41 bits per heavy atom. The van der Waals surface area contributed by atoms with Crippen LogP contribution < -0.4 is 10.6 Å². The molecule has 22 heavy (non-hydrogen) atoms. The highest BCUT2D eigenvalue weighted by Gasteiger charge is 2.20. The standard InChI is InChI=1S/C15H25N3O4/c1-7-11(18-14(20)22-15(4,5)6)8-16-13(19)12-9(2)21-10(3)17-12/h11H,7-8H2,1-6H3,(H,16,19)(H,18,20). The SMILES string of the molecule is CCC(CNC(=O)c1nc(C)oc1C)NC(=O)OC(C)(C)C. The molecule has 124 valence electrons. The maximum Gasteiger partial charge on any atom is 0.407 e. The first kappa shape index (κ1) is 18.0. The zero-order valence-electron chi connectivity index (χ0n) is 14.1. The molecular weight excluding hydrogens is 286 g/mol. The van der Waals surface area contributed by atoms with Gasteiger partial charge in [-0.05, 0) is 34.1 Å². The van der Waals surface area contributed by atoms with E-state index in [1.165, 1.54) is 0 Å². The third-order valence-electron chi connectivity index (χ3n) is 2.84. The van der Waals surface area contributed by atoms with Gasteiger partial charge in [-0.1, -0.05) is 6.92 Å². The average Bonchev–Trinajstić information content (AvgIpc) is 2.71. The summed E-state index contributed by atoms with van der Waals surface area (Å²) in [4.78, 5) is 27.8. The van der Waals surface area contributed by atoms with Crippen LogP contribution in [0.25, 0.3) is 0 Å². The number of oxazole rings is 1. The van der Waals surface area contributed by atoms with Crippen molar-refractivity contribution in [3.05, 3.63) is 17.3 Å². The molecule has 0 fully saturated rings. The van der Waals surface area contributed by atoms with Crippen LogP contribution in [0, 0.1) is 13.8 Å². The molecule has 0 aliphatic heterocycles. The lowest BCUT2D eigenvalue weighted by molar-refractivity contribution is 0.0500. The summed E-state index contributed by atoms with van der Waals surface area (Å²) in [6.45, 7) is 11.0. The molecule has 7 heteroatoms. The maximum atomic E-state index is 12.0. The van der Waals surface area contributed by atoms with Gasteiger partial charge in [-0.15, -0.1) is 0 Å². The minimum atomic E-state index is -0.555. The van der Waals surface area contributed by atoms with Gasteiger partial charge >= 0.3 is 6.09 Å². The summed E-state index contributed by atoms with van der Waals surface area (Å²) in [5.41, 5.74) is -0.286. The topological polar surface area (TPSA) is 93.5 Å². The largest absolute Gasteiger partial charge is 0.445 e. The van der Waals surface area contributed by atoms with Crippen molar-refractivity contribution in [1.29, 1.82) is 0 Å². The third-order valence-corrected chi connectivity index (χ3v) is 2.84. The van der Waals surface area contributed by atoms with Gasteiger partial charge in [-0.2, -0.15) is 0 Å². The predicted molar refractivity (Wildman–Crippen MR) is 81.8 cm³/mol. The van der Waals surface area contributed by atoms with Crippen LogP contribution in [-0.4, -0.2) is 35.2 Å². The molecule has 0 aliphatic rings. The van der Waals surface area contributed by atoms with Crippen molar-refractivity contribution >= 4 is 12.0 Å². The second-order valence-electron chi connectivity index (χ2n) is 6.10. The number of hydrogen-bond donors (Lipinski definition) is 2. The van der Waals surface area contributed by atoms with E-state index in [-0.39, 0.29) is 17.6 Å².